The lowest BCUT2D eigenvalue weighted by molar-refractivity contribution is 0.452. The van der Waals surface area contributed by atoms with Crippen molar-refractivity contribution in [3.05, 3.63) is 41.5 Å². The lowest BCUT2D eigenvalue weighted by atomic mass is 10.2. The van der Waals surface area contributed by atoms with Crippen molar-refractivity contribution in [1.82, 2.24) is 9.97 Å². The topological polar surface area (TPSA) is 61.0 Å². The highest BCUT2D eigenvalue weighted by atomic mass is 19.1. The first kappa shape index (κ1) is 11.3. The van der Waals surface area contributed by atoms with E-state index in [0.717, 1.165) is 0 Å². The van der Waals surface area contributed by atoms with Gasteiger partial charge in [-0.1, -0.05) is 0 Å². The van der Waals surface area contributed by atoms with Gasteiger partial charge in [-0.3, -0.25) is 0 Å². The molecule has 5 heteroatoms. The van der Waals surface area contributed by atoms with Crippen molar-refractivity contribution in [2.75, 3.05) is 5.73 Å². The van der Waals surface area contributed by atoms with Crippen LogP contribution in [0.15, 0.2) is 24.5 Å². The first-order chi connectivity index (χ1) is 8.08. The van der Waals surface area contributed by atoms with E-state index >= 15 is 0 Å². The van der Waals surface area contributed by atoms with Gasteiger partial charge in [0.1, 0.15) is 23.7 Å². The SMILES string of the molecule is Cc1cc(F)ccc1Oc1ncnc(N)c1C. The van der Waals surface area contributed by atoms with E-state index in [4.69, 9.17) is 10.5 Å². The zero-order valence-corrected chi connectivity index (χ0v) is 9.57. The maximum Gasteiger partial charge on any atom is 0.227 e. The van der Waals surface area contributed by atoms with E-state index in [1.165, 1.54) is 18.5 Å². The Hall–Kier alpha value is -2.17. The molecule has 0 amide bonds. The minimum Gasteiger partial charge on any atom is -0.438 e. The van der Waals surface area contributed by atoms with Crippen LogP contribution in [0, 0.1) is 19.7 Å². The van der Waals surface area contributed by atoms with E-state index in [1.807, 2.05) is 0 Å². The van der Waals surface area contributed by atoms with Crippen LogP contribution in [0.5, 0.6) is 11.6 Å². The lowest BCUT2D eigenvalue weighted by Crippen LogP contribution is -1.99. The Bertz CT molecular complexity index is 557. The highest BCUT2D eigenvalue weighted by molar-refractivity contribution is 5.45. The zero-order chi connectivity index (χ0) is 12.4. The predicted molar refractivity (Wildman–Crippen MR) is 62.4 cm³/mol. The first-order valence-electron chi connectivity index (χ1n) is 5.09. The second-order valence-corrected chi connectivity index (χ2v) is 3.70. The Morgan fingerprint density at radius 3 is 2.71 bits per heavy atom. The number of anilines is 1. The fourth-order valence-corrected chi connectivity index (χ4v) is 1.38. The quantitative estimate of drug-likeness (QED) is 0.866. The van der Waals surface area contributed by atoms with E-state index in [2.05, 4.69) is 9.97 Å². The molecule has 0 radical (unpaired) electrons. The van der Waals surface area contributed by atoms with Crippen molar-refractivity contribution in [1.29, 1.82) is 0 Å². The highest BCUT2D eigenvalue weighted by Crippen LogP contribution is 2.27. The molecule has 17 heavy (non-hydrogen) atoms. The number of halogens is 1. The van der Waals surface area contributed by atoms with Crippen LogP contribution < -0.4 is 10.5 Å². The van der Waals surface area contributed by atoms with Crippen molar-refractivity contribution >= 4 is 5.82 Å². The Morgan fingerprint density at radius 1 is 1.24 bits per heavy atom. The average Bonchev–Trinajstić information content (AvgIpc) is 2.28. The molecular formula is C12H12FN3O. The van der Waals surface area contributed by atoms with E-state index in [1.54, 1.807) is 19.9 Å². The molecule has 0 aliphatic heterocycles. The van der Waals surface area contributed by atoms with Crippen molar-refractivity contribution < 1.29 is 9.13 Å². The summed E-state index contributed by atoms with van der Waals surface area (Å²) in [5, 5.41) is 0. The molecule has 0 bridgehead atoms. The molecular weight excluding hydrogens is 221 g/mol. The zero-order valence-electron chi connectivity index (χ0n) is 9.57. The average molecular weight is 233 g/mol. The summed E-state index contributed by atoms with van der Waals surface area (Å²) < 4.78 is 18.5. The third-order valence-electron chi connectivity index (χ3n) is 2.42. The highest BCUT2D eigenvalue weighted by Gasteiger charge is 2.08. The largest absolute Gasteiger partial charge is 0.438 e. The molecule has 4 nitrogen and oxygen atoms in total. The molecule has 0 saturated heterocycles. The van der Waals surface area contributed by atoms with Crippen LogP contribution in [0.4, 0.5) is 10.2 Å². The van der Waals surface area contributed by atoms with Crippen LogP contribution >= 0.6 is 0 Å². The summed E-state index contributed by atoms with van der Waals surface area (Å²) >= 11 is 0. The maximum absolute atomic E-state index is 12.9. The van der Waals surface area contributed by atoms with Crippen molar-refractivity contribution in [2.45, 2.75) is 13.8 Å². The molecule has 0 aliphatic rings. The summed E-state index contributed by atoms with van der Waals surface area (Å²) in [6, 6.07) is 4.29. The van der Waals surface area contributed by atoms with Gasteiger partial charge in [0.25, 0.3) is 0 Å². The van der Waals surface area contributed by atoms with E-state index in [0.29, 0.717) is 28.6 Å². The number of nitrogens with zero attached hydrogens (tertiary/aromatic N) is 2. The fourth-order valence-electron chi connectivity index (χ4n) is 1.38. The standard InChI is InChI=1S/C12H12FN3O/c1-7-5-9(13)3-4-10(7)17-12-8(2)11(14)15-6-16-12/h3-6H,1-2H3,(H2,14,15,16). The van der Waals surface area contributed by atoms with Gasteiger partial charge in [0.15, 0.2) is 0 Å². The summed E-state index contributed by atoms with van der Waals surface area (Å²) in [5.74, 6) is 1.00. The third-order valence-corrected chi connectivity index (χ3v) is 2.42. The van der Waals surface area contributed by atoms with Gasteiger partial charge in [-0.05, 0) is 37.6 Å². The molecule has 0 fully saturated rings. The monoisotopic (exact) mass is 233 g/mol. The van der Waals surface area contributed by atoms with Crippen LogP contribution in [-0.4, -0.2) is 9.97 Å². The van der Waals surface area contributed by atoms with E-state index in [-0.39, 0.29) is 5.82 Å². The normalized spacial score (nSPS) is 10.3. The molecule has 2 aromatic rings. The number of nitrogens with two attached hydrogens (primary N) is 1. The minimum atomic E-state index is -0.297. The van der Waals surface area contributed by atoms with Gasteiger partial charge >= 0.3 is 0 Å². The maximum atomic E-state index is 12.9. The molecule has 0 saturated carbocycles. The van der Waals surface area contributed by atoms with Gasteiger partial charge in [0.2, 0.25) is 5.88 Å². The van der Waals surface area contributed by atoms with Crippen LogP contribution in [0.3, 0.4) is 0 Å². The number of hydrogen-bond acceptors (Lipinski definition) is 4. The van der Waals surface area contributed by atoms with Crippen molar-refractivity contribution in [2.24, 2.45) is 0 Å². The molecule has 0 spiro atoms. The van der Waals surface area contributed by atoms with Gasteiger partial charge in [0.05, 0.1) is 5.56 Å². The molecule has 0 unspecified atom stereocenters. The van der Waals surface area contributed by atoms with E-state index < -0.39 is 0 Å². The van der Waals surface area contributed by atoms with Crippen LogP contribution in [-0.2, 0) is 0 Å². The summed E-state index contributed by atoms with van der Waals surface area (Å²) in [5.41, 5.74) is 7.00. The summed E-state index contributed by atoms with van der Waals surface area (Å²) in [7, 11) is 0. The van der Waals surface area contributed by atoms with Crippen LogP contribution in [0.2, 0.25) is 0 Å². The number of benzene rings is 1. The Kier molecular flexibility index (Phi) is 2.91. The summed E-state index contributed by atoms with van der Waals surface area (Å²) in [6.07, 6.45) is 1.33. The van der Waals surface area contributed by atoms with Crippen LogP contribution in [0.25, 0.3) is 0 Å². The number of rotatable bonds is 2. The molecule has 1 aromatic carbocycles. The minimum absolute atomic E-state index is 0.297. The number of hydrogen-bond donors (Lipinski definition) is 1. The molecule has 1 aromatic heterocycles. The first-order valence-corrected chi connectivity index (χ1v) is 5.09. The third kappa shape index (κ3) is 2.33. The number of nitrogen functional groups attached to an aromatic ring is 1. The fraction of sp³-hybridized carbons (Fsp3) is 0.167. The molecule has 2 N–H and O–H groups in total. The Morgan fingerprint density at radius 2 is 2.00 bits per heavy atom. The molecule has 1 heterocycles. The van der Waals surface area contributed by atoms with Gasteiger partial charge in [-0.25, -0.2) is 14.4 Å². The lowest BCUT2D eigenvalue weighted by Gasteiger charge is -2.10. The van der Waals surface area contributed by atoms with Gasteiger partial charge in [-0.15, -0.1) is 0 Å². The summed E-state index contributed by atoms with van der Waals surface area (Å²) in [4.78, 5) is 7.84. The molecule has 88 valence electrons. The Labute approximate surface area is 98.3 Å². The second-order valence-electron chi connectivity index (χ2n) is 3.70. The molecule has 0 aliphatic carbocycles. The smallest absolute Gasteiger partial charge is 0.227 e. The molecule has 0 atom stereocenters. The molecule has 2 rings (SSSR count). The summed E-state index contributed by atoms with van der Waals surface area (Å²) in [6.45, 7) is 3.53. The Balaban J connectivity index is 2.35. The number of aryl methyl sites for hydroxylation is 1. The van der Waals surface area contributed by atoms with Gasteiger partial charge < -0.3 is 10.5 Å². The second kappa shape index (κ2) is 4.37. The van der Waals surface area contributed by atoms with Gasteiger partial charge in [-0.2, -0.15) is 0 Å². The van der Waals surface area contributed by atoms with Crippen molar-refractivity contribution in [3.8, 4) is 11.6 Å². The van der Waals surface area contributed by atoms with E-state index in [9.17, 15) is 4.39 Å². The predicted octanol–water partition coefficient (Wildman–Crippen LogP) is 2.61. The van der Waals surface area contributed by atoms with Crippen molar-refractivity contribution in [3.63, 3.8) is 0 Å². The van der Waals surface area contributed by atoms with Gasteiger partial charge in [0, 0.05) is 0 Å². The van der Waals surface area contributed by atoms with Crippen LogP contribution in [0.1, 0.15) is 11.1 Å². The number of ether oxygens (including phenoxy) is 1. The number of aromatic nitrogens is 2.